The molecule has 12 nitrogen and oxygen atoms in total. The normalized spacial score (nSPS) is 10.9. The molecule has 0 aromatic heterocycles. The number of benzene rings is 4. The summed E-state index contributed by atoms with van der Waals surface area (Å²) in [5.41, 5.74) is 5.82. The summed E-state index contributed by atoms with van der Waals surface area (Å²) in [4.78, 5) is 27.9. The average Bonchev–Trinajstić information content (AvgIpc) is 3.18. The molecule has 0 atom stereocenters. The molecule has 0 unspecified atom stereocenters. The van der Waals surface area contributed by atoms with Gasteiger partial charge in [-0.15, -0.1) is 0 Å². The molecule has 0 aliphatic heterocycles. The Hall–Kier alpha value is -5.72. The van der Waals surface area contributed by atoms with Crippen LogP contribution in [0.3, 0.4) is 0 Å². The maximum atomic E-state index is 11.6. The second kappa shape index (κ2) is 23.3. The zero-order chi connectivity index (χ0) is 40.1. The fourth-order valence-electron chi connectivity index (χ4n) is 5.99. The van der Waals surface area contributed by atoms with Gasteiger partial charge in [-0.3, -0.25) is 21.5 Å². The van der Waals surface area contributed by atoms with Crippen LogP contribution in [0.1, 0.15) is 72.9 Å². The lowest BCUT2D eigenvalue weighted by Crippen LogP contribution is -2.30. The SMILES string of the molecule is CCOC(=O)NC(=N)c1ccc(OCc2cccc(CN(C)CCCCCCN(C)Cc3cccc(COc4ccc(C(=N)NC(=O)OCC)cc4)c3)c2)cc1. The molecule has 0 aliphatic carbocycles. The average molecular weight is 765 g/mol. The van der Waals surface area contributed by atoms with E-state index in [9.17, 15) is 9.59 Å². The molecule has 0 spiro atoms. The van der Waals surface area contributed by atoms with Crippen molar-refractivity contribution >= 4 is 23.9 Å². The van der Waals surface area contributed by atoms with Gasteiger partial charge in [0.2, 0.25) is 0 Å². The molecule has 4 aromatic carbocycles. The molecule has 0 saturated carbocycles. The molecule has 0 bridgehead atoms. The molecule has 0 heterocycles. The Balaban J connectivity index is 1.08. The highest BCUT2D eigenvalue weighted by Crippen LogP contribution is 2.18. The molecule has 0 saturated heterocycles. The molecular formula is C44H56N6O6. The Labute approximate surface area is 331 Å². The topological polar surface area (TPSA) is 149 Å². The third-order valence-electron chi connectivity index (χ3n) is 8.82. The van der Waals surface area contributed by atoms with E-state index in [1.54, 1.807) is 62.4 Å². The summed E-state index contributed by atoms with van der Waals surface area (Å²) < 4.78 is 21.6. The lowest BCUT2D eigenvalue weighted by atomic mass is 10.1. The summed E-state index contributed by atoms with van der Waals surface area (Å²) in [6.07, 6.45) is 3.42. The molecular weight excluding hydrogens is 709 g/mol. The number of unbranched alkanes of at least 4 members (excludes halogenated alkanes) is 3. The van der Waals surface area contributed by atoms with Gasteiger partial charge in [0.1, 0.15) is 36.4 Å². The van der Waals surface area contributed by atoms with Crippen molar-refractivity contribution < 1.29 is 28.5 Å². The summed E-state index contributed by atoms with van der Waals surface area (Å²) in [5, 5.41) is 20.9. The predicted molar refractivity (Wildman–Crippen MR) is 220 cm³/mol. The highest BCUT2D eigenvalue weighted by molar-refractivity contribution is 6.05. The maximum Gasteiger partial charge on any atom is 0.412 e. The van der Waals surface area contributed by atoms with Crippen molar-refractivity contribution in [3.8, 4) is 11.5 Å². The molecule has 0 fully saturated rings. The van der Waals surface area contributed by atoms with E-state index in [0.29, 0.717) is 35.8 Å². The van der Waals surface area contributed by atoms with Crippen LogP contribution < -0.4 is 20.1 Å². The number of amidine groups is 2. The van der Waals surface area contributed by atoms with Gasteiger partial charge >= 0.3 is 12.2 Å². The minimum atomic E-state index is -0.641. The Kier molecular flexibility index (Phi) is 17.9. The van der Waals surface area contributed by atoms with Crippen molar-refractivity contribution in [1.82, 2.24) is 20.4 Å². The second-order valence-corrected chi connectivity index (χ2v) is 13.6. The van der Waals surface area contributed by atoms with Crippen molar-refractivity contribution in [3.63, 3.8) is 0 Å². The summed E-state index contributed by atoms with van der Waals surface area (Å²) in [5.74, 6) is 1.34. The van der Waals surface area contributed by atoms with Crippen LogP contribution >= 0.6 is 0 Å². The lowest BCUT2D eigenvalue weighted by Gasteiger charge is -2.18. The van der Waals surface area contributed by atoms with Crippen LogP contribution in [-0.4, -0.2) is 74.1 Å². The fraction of sp³-hybridized carbons (Fsp3) is 0.364. The number of carbonyl (C=O) groups excluding carboxylic acids is 2. The largest absolute Gasteiger partial charge is 0.489 e. The molecule has 0 aliphatic rings. The van der Waals surface area contributed by atoms with Gasteiger partial charge in [-0.05, 0) is 125 Å². The van der Waals surface area contributed by atoms with Crippen LogP contribution in [0.2, 0.25) is 0 Å². The maximum absolute atomic E-state index is 11.6. The highest BCUT2D eigenvalue weighted by atomic mass is 16.6. The smallest absolute Gasteiger partial charge is 0.412 e. The summed E-state index contributed by atoms with van der Waals surface area (Å²) >= 11 is 0. The molecule has 4 rings (SSSR count). The number of nitrogens with one attached hydrogen (secondary N) is 4. The number of ether oxygens (including phenoxy) is 4. The van der Waals surface area contributed by atoms with Crippen LogP contribution in [0.4, 0.5) is 9.59 Å². The number of amides is 2. The standard InChI is InChI=1S/C44H56N6O6/c1-5-53-43(51)47-41(45)37-17-21-39(22-18-37)55-31-35-15-11-13-33(27-35)29-49(3)25-9-7-8-10-26-50(4)30-34-14-12-16-36(28-34)32-56-40-23-19-38(20-24-40)42(46)48-44(52)54-6-2/h11-24,27-28H,5-10,25-26,29-32H2,1-4H3,(H2,45,47,51)(H2,46,48,52). The van der Waals surface area contributed by atoms with E-state index < -0.39 is 12.2 Å². The van der Waals surface area contributed by atoms with E-state index in [0.717, 1.165) is 50.1 Å². The van der Waals surface area contributed by atoms with Crippen molar-refractivity contribution in [3.05, 3.63) is 130 Å². The van der Waals surface area contributed by atoms with Crippen molar-refractivity contribution in [1.29, 1.82) is 10.8 Å². The third kappa shape index (κ3) is 15.6. The Morgan fingerprint density at radius 2 is 0.929 bits per heavy atom. The molecule has 4 aromatic rings. The van der Waals surface area contributed by atoms with Crippen molar-refractivity contribution in [2.75, 3.05) is 40.4 Å². The molecule has 0 radical (unpaired) electrons. The molecule has 2 amide bonds. The first kappa shape index (κ1) is 43.0. The number of hydrogen-bond acceptors (Lipinski definition) is 10. The fourth-order valence-corrected chi connectivity index (χ4v) is 5.99. The second-order valence-electron chi connectivity index (χ2n) is 13.6. The number of rotatable bonds is 21. The van der Waals surface area contributed by atoms with Gasteiger partial charge in [-0.1, -0.05) is 61.4 Å². The van der Waals surface area contributed by atoms with E-state index >= 15 is 0 Å². The first-order chi connectivity index (χ1) is 27.1. The summed E-state index contributed by atoms with van der Waals surface area (Å²) in [6.45, 7) is 8.63. The first-order valence-corrected chi connectivity index (χ1v) is 19.2. The van der Waals surface area contributed by atoms with Gasteiger partial charge in [0.05, 0.1) is 13.2 Å². The summed E-state index contributed by atoms with van der Waals surface area (Å²) in [7, 11) is 4.34. The monoisotopic (exact) mass is 764 g/mol. The Bertz CT molecular complexity index is 1710. The molecule has 298 valence electrons. The number of hydrogen-bond donors (Lipinski definition) is 4. The zero-order valence-electron chi connectivity index (χ0n) is 33.1. The third-order valence-corrected chi connectivity index (χ3v) is 8.82. The minimum Gasteiger partial charge on any atom is -0.489 e. The van der Waals surface area contributed by atoms with Crippen LogP contribution in [0, 0.1) is 10.8 Å². The van der Waals surface area contributed by atoms with Crippen LogP contribution in [-0.2, 0) is 35.8 Å². The van der Waals surface area contributed by atoms with Crippen LogP contribution in [0.25, 0.3) is 0 Å². The lowest BCUT2D eigenvalue weighted by molar-refractivity contribution is 0.156. The Morgan fingerprint density at radius 1 is 0.554 bits per heavy atom. The van der Waals surface area contributed by atoms with Crippen molar-refractivity contribution in [2.24, 2.45) is 0 Å². The number of nitrogens with zero attached hydrogens (tertiary/aromatic N) is 2. The van der Waals surface area contributed by atoms with E-state index in [4.69, 9.17) is 29.8 Å². The predicted octanol–water partition coefficient (Wildman–Crippen LogP) is 8.11. The Morgan fingerprint density at radius 3 is 1.30 bits per heavy atom. The van der Waals surface area contributed by atoms with E-state index in [1.807, 2.05) is 0 Å². The highest BCUT2D eigenvalue weighted by Gasteiger charge is 2.10. The first-order valence-electron chi connectivity index (χ1n) is 19.2. The van der Waals surface area contributed by atoms with Gasteiger partial charge in [0, 0.05) is 24.2 Å². The van der Waals surface area contributed by atoms with Gasteiger partial charge < -0.3 is 28.7 Å². The van der Waals surface area contributed by atoms with Gasteiger partial charge in [0.25, 0.3) is 0 Å². The van der Waals surface area contributed by atoms with Crippen LogP contribution in [0.5, 0.6) is 11.5 Å². The quantitative estimate of drug-likeness (QED) is 0.0378. The summed E-state index contributed by atoms with van der Waals surface area (Å²) in [6, 6.07) is 31.1. The van der Waals surface area contributed by atoms with Crippen molar-refractivity contribution in [2.45, 2.75) is 65.8 Å². The van der Waals surface area contributed by atoms with Gasteiger partial charge in [0.15, 0.2) is 0 Å². The molecule has 12 heteroatoms. The van der Waals surface area contributed by atoms with E-state index in [1.165, 1.54) is 24.0 Å². The van der Waals surface area contributed by atoms with E-state index in [2.05, 4.69) is 83.1 Å². The molecule has 4 N–H and O–H groups in total. The van der Waals surface area contributed by atoms with Gasteiger partial charge in [-0.25, -0.2) is 9.59 Å². The van der Waals surface area contributed by atoms with E-state index in [-0.39, 0.29) is 24.9 Å². The minimum absolute atomic E-state index is 0.0211. The van der Waals surface area contributed by atoms with Gasteiger partial charge in [-0.2, -0.15) is 0 Å². The zero-order valence-corrected chi connectivity index (χ0v) is 33.1. The number of alkyl carbamates (subject to hydrolysis) is 2. The molecule has 56 heavy (non-hydrogen) atoms. The number of carbonyl (C=O) groups is 2. The van der Waals surface area contributed by atoms with Crippen LogP contribution in [0.15, 0.2) is 97.1 Å².